The molecule has 0 bridgehead atoms. The van der Waals surface area contributed by atoms with E-state index in [0.717, 1.165) is 58.3 Å². The lowest BCUT2D eigenvalue weighted by molar-refractivity contribution is -0.143. The Balaban J connectivity index is 1.70. The van der Waals surface area contributed by atoms with Crippen molar-refractivity contribution in [2.75, 3.05) is 26.2 Å². The molecule has 2 aliphatic heterocycles. The summed E-state index contributed by atoms with van der Waals surface area (Å²) in [6.45, 7) is 5.67. The molecule has 0 radical (unpaired) electrons. The van der Waals surface area contributed by atoms with Crippen LogP contribution in [0.25, 0.3) is 0 Å². The highest BCUT2D eigenvalue weighted by Gasteiger charge is 2.48. The van der Waals surface area contributed by atoms with E-state index in [0.29, 0.717) is 17.7 Å². The summed E-state index contributed by atoms with van der Waals surface area (Å²) in [6.07, 6.45) is 4.88. The molecule has 0 spiro atoms. The van der Waals surface area contributed by atoms with Gasteiger partial charge >= 0.3 is 0 Å². The molecule has 3 rings (SSSR count). The summed E-state index contributed by atoms with van der Waals surface area (Å²) in [5, 5.41) is 13.4. The van der Waals surface area contributed by atoms with Crippen molar-refractivity contribution in [1.29, 1.82) is 0 Å². The number of aliphatic hydroxyl groups is 1. The van der Waals surface area contributed by atoms with E-state index >= 15 is 0 Å². The smallest absolute Gasteiger partial charge is 0.230 e. The van der Waals surface area contributed by atoms with Gasteiger partial charge in [-0.15, -0.1) is 0 Å². The summed E-state index contributed by atoms with van der Waals surface area (Å²) in [7, 11) is 0. The minimum Gasteiger partial charge on any atom is -0.393 e. The van der Waals surface area contributed by atoms with Crippen LogP contribution in [0.5, 0.6) is 0 Å². The second kappa shape index (κ2) is 5.06. The average molecular weight is 266 g/mol. The van der Waals surface area contributed by atoms with Gasteiger partial charge in [0.1, 0.15) is 0 Å². The maximum Gasteiger partial charge on any atom is 0.230 e. The third-order valence-electron chi connectivity index (χ3n) is 5.71. The Labute approximate surface area is 115 Å². The van der Waals surface area contributed by atoms with Crippen molar-refractivity contribution in [1.82, 2.24) is 10.2 Å². The zero-order chi connectivity index (χ0) is 13.5. The second-order valence-corrected chi connectivity index (χ2v) is 6.69. The lowest BCUT2D eigenvalue weighted by Gasteiger charge is -2.38. The van der Waals surface area contributed by atoms with Crippen LogP contribution in [0.2, 0.25) is 0 Å². The second-order valence-electron chi connectivity index (χ2n) is 6.69. The molecule has 2 heterocycles. The van der Waals surface area contributed by atoms with Gasteiger partial charge in [-0.2, -0.15) is 0 Å². The number of rotatable bonds is 2. The van der Waals surface area contributed by atoms with E-state index in [1.807, 2.05) is 4.90 Å². The van der Waals surface area contributed by atoms with Crippen LogP contribution >= 0.6 is 0 Å². The molecule has 0 aromatic heterocycles. The molecule has 4 unspecified atom stereocenters. The van der Waals surface area contributed by atoms with Crippen molar-refractivity contribution >= 4 is 5.91 Å². The normalized spacial score (nSPS) is 42.4. The molecule has 0 aromatic carbocycles. The molecular formula is C15H26N2O2. The standard InChI is InChI=1S/C15H26N2O2/c1-2-15(6-3-7-16-10-15)14(19)17-8-11-4-5-13(18)12(11)9-17/h11-13,16,18H,2-10H2,1H3. The monoisotopic (exact) mass is 266 g/mol. The van der Waals surface area contributed by atoms with Gasteiger partial charge in [-0.3, -0.25) is 4.79 Å². The SMILES string of the molecule is CCC1(C(=O)N2CC3CCC(O)C3C2)CCCNC1. The first-order chi connectivity index (χ1) is 9.16. The van der Waals surface area contributed by atoms with Crippen molar-refractivity contribution in [3.63, 3.8) is 0 Å². The van der Waals surface area contributed by atoms with E-state index in [1.165, 1.54) is 0 Å². The van der Waals surface area contributed by atoms with Crippen LogP contribution in [-0.4, -0.2) is 48.2 Å². The van der Waals surface area contributed by atoms with Crippen LogP contribution in [0.15, 0.2) is 0 Å². The Morgan fingerprint density at radius 1 is 1.42 bits per heavy atom. The fraction of sp³-hybridized carbons (Fsp3) is 0.933. The fourth-order valence-corrected chi connectivity index (χ4v) is 4.34. The van der Waals surface area contributed by atoms with E-state index in [9.17, 15) is 9.90 Å². The summed E-state index contributed by atoms with van der Waals surface area (Å²) in [6, 6.07) is 0. The molecule has 1 saturated carbocycles. The number of nitrogens with zero attached hydrogens (tertiary/aromatic N) is 1. The molecule has 1 aliphatic carbocycles. The maximum absolute atomic E-state index is 12.9. The summed E-state index contributed by atoms with van der Waals surface area (Å²) in [5.41, 5.74) is -0.179. The van der Waals surface area contributed by atoms with E-state index in [4.69, 9.17) is 0 Å². The Hall–Kier alpha value is -0.610. The fourth-order valence-electron chi connectivity index (χ4n) is 4.34. The number of fused-ring (bicyclic) bond motifs is 1. The van der Waals surface area contributed by atoms with Crippen LogP contribution in [0.4, 0.5) is 0 Å². The number of piperidine rings is 1. The van der Waals surface area contributed by atoms with Crippen LogP contribution < -0.4 is 5.32 Å². The van der Waals surface area contributed by atoms with Gasteiger partial charge in [-0.05, 0) is 44.6 Å². The minimum atomic E-state index is -0.179. The predicted molar refractivity (Wildman–Crippen MR) is 73.6 cm³/mol. The first-order valence-corrected chi connectivity index (χ1v) is 7.84. The number of carbonyl (C=O) groups excluding carboxylic acids is 1. The van der Waals surface area contributed by atoms with E-state index in [2.05, 4.69) is 12.2 Å². The highest BCUT2D eigenvalue weighted by atomic mass is 16.3. The summed E-state index contributed by atoms with van der Waals surface area (Å²) in [4.78, 5) is 14.9. The molecule has 3 aliphatic rings. The van der Waals surface area contributed by atoms with Gasteiger partial charge < -0.3 is 15.3 Å². The average Bonchev–Trinajstić information content (AvgIpc) is 3.01. The third-order valence-corrected chi connectivity index (χ3v) is 5.71. The molecule has 3 fully saturated rings. The molecule has 4 heteroatoms. The Kier molecular flexibility index (Phi) is 3.56. The Morgan fingerprint density at radius 3 is 2.89 bits per heavy atom. The number of carbonyl (C=O) groups is 1. The molecule has 19 heavy (non-hydrogen) atoms. The summed E-state index contributed by atoms with van der Waals surface area (Å²) >= 11 is 0. The van der Waals surface area contributed by atoms with E-state index in [1.54, 1.807) is 0 Å². The highest BCUT2D eigenvalue weighted by molar-refractivity contribution is 5.83. The molecule has 0 aromatic rings. The number of aliphatic hydroxyl groups excluding tert-OH is 1. The van der Waals surface area contributed by atoms with Crippen LogP contribution in [-0.2, 0) is 4.79 Å². The third kappa shape index (κ3) is 2.19. The Morgan fingerprint density at radius 2 is 2.26 bits per heavy atom. The van der Waals surface area contributed by atoms with Crippen LogP contribution in [0, 0.1) is 17.3 Å². The van der Waals surface area contributed by atoms with E-state index < -0.39 is 0 Å². The van der Waals surface area contributed by atoms with Crippen molar-refractivity contribution in [3.8, 4) is 0 Å². The van der Waals surface area contributed by atoms with Crippen molar-refractivity contribution in [3.05, 3.63) is 0 Å². The zero-order valence-corrected chi connectivity index (χ0v) is 11.9. The first kappa shape index (κ1) is 13.4. The predicted octanol–water partition coefficient (Wildman–Crippen LogP) is 0.996. The molecule has 4 nitrogen and oxygen atoms in total. The van der Waals surface area contributed by atoms with Crippen molar-refractivity contribution in [2.45, 2.75) is 45.1 Å². The molecule has 2 N–H and O–H groups in total. The molecular weight excluding hydrogens is 240 g/mol. The molecule has 1 amide bonds. The van der Waals surface area contributed by atoms with Gasteiger partial charge in [0.15, 0.2) is 0 Å². The number of hydrogen-bond acceptors (Lipinski definition) is 3. The molecule has 4 atom stereocenters. The Bertz CT molecular complexity index is 352. The van der Waals surface area contributed by atoms with Crippen LogP contribution in [0.1, 0.15) is 39.0 Å². The number of nitrogens with one attached hydrogen (secondary N) is 1. The van der Waals surface area contributed by atoms with Gasteiger partial charge in [0, 0.05) is 25.6 Å². The highest BCUT2D eigenvalue weighted by Crippen LogP contribution is 2.41. The number of amides is 1. The molecule has 2 saturated heterocycles. The number of hydrogen-bond donors (Lipinski definition) is 2. The lowest BCUT2D eigenvalue weighted by atomic mass is 9.77. The minimum absolute atomic E-state index is 0.176. The van der Waals surface area contributed by atoms with Gasteiger partial charge in [0.2, 0.25) is 5.91 Å². The van der Waals surface area contributed by atoms with Crippen molar-refractivity contribution < 1.29 is 9.90 Å². The largest absolute Gasteiger partial charge is 0.393 e. The first-order valence-electron chi connectivity index (χ1n) is 7.84. The van der Waals surface area contributed by atoms with E-state index in [-0.39, 0.29) is 11.5 Å². The lowest BCUT2D eigenvalue weighted by Crippen LogP contribution is -2.51. The van der Waals surface area contributed by atoms with Gasteiger partial charge in [-0.25, -0.2) is 0 Å². The summed E-state index contributed by atoms with van der Waals surface area (Å²) < 4.78 is 0. The summed E-state index contributed by atoms with van der Waals surface area (Å²) in [5.74, 6) is 1.22. The zero-order valence-electron chi connectivity index (χ0n) is 11.9. The maximum atomic E-state index is 12.9. The number of likely N-dealkylation sites (tertiary alicyclic amines) is 1. The topological polar surface area (TPSA) is 52.6 Å². The van der Waals surface area contributed by atoms with Gasteiger partial charge in [0.25, 0.3) is 0 Å². The molecule has 108 valence electrons. The van der Waals surface area contributed by atoms with Gasteiger partial charge in [0.05, 0.1) is 11.5 Å². The van der Waals surface area contributed by atoms with Gasteiger partial charge in [-0.1, -0.05) is 6.92 Å². The van der Waals surface area contributed by atoms with Crippen molar-refractivity contribution in [2.24, 2.45) is 17.3 Å². The quantitative estimate of drug-likeness (QED) is 0.784. The van der Waals surface area contributed by atoms with Crippen LogP contribution in [0.3, 0.4) is 0 Å².